The number of aryl methyl sites for hydroxylation is 3. The van der Waals surface area contributed by atoms with Gasteiger partial charge in [-0.3, -0.25) is 0 Å². The first kappa shape index (κ1) is 26.6. The van der Waals surface area contributed by atoms with E-state index < -0.39 is 59.7 Å². The molecule has 0 aliphatic heterocycles. The summed E-state index contributed by atoms with van der Waals surface area (Å²) in [7, 11) is -14.5. The maximum atomic E-state index is 12.3. The van der Waals surface area contributed by atoms with Crippen molar-refractivity contribution in [3.8, 4) is 0 Å². The van der Waals surface area contributed by atoms with Crippen LogP contribution in [0.25, 0.3) is 0 Å². The SMILES string of the molecule is Cc1ccc([As](c2ccc(C)cc2S(=O)(=O)O)c2ccc(C)cc2S(=O)(=O)O)c(S(=O)(=O)O)c1. The van der Waals surface area contributed by atoms with Gasteiger partial charge in [0.2, 0.25) is 0 Å². The van der Waals surface area contributed by atoms with Crippen molar-refractivity contribution in [2.45, 2.75) is 35.5 Å². The molecule has 0 heterocycles. The zero-order valence-electron chi connectivity index (χ0n) is 18.2. The molecule has 13 heteroatoms. The van der Waals surface area contributed by atoms with E-state index in [9.17, 15) is 38.9 Å². The third-order valence-electron chi connectivity index (χ3n) is 4.90. The van der Waals surface area contributed by atoms with Crippen LogP contribution < -0.4 is 13.1 Å². The van der Waals surface area contributed by atoms with Gasteiger partial charge in [0.25, 0.3) is 0 Å². The van der Waals surface area contributed by atoms with Crippen LogP contribution in [0.3, 0.4) is 0 Å². The van der Waals surface area contributed by atoms with Gasteiger partial charge in [0.05, 0.1) is 0 Å². The fraction of sp³-hybridized carbons (Fsp3) is 0.143. The molecule has 0 spiro atoms. The summed E-state index contributed by atoms with van der Waals surface area (Å²) in [5, 5.41) is 0. The molecule has 0 atom stereocenters. The first-order chi connectivity index (χ1) is 15.5. The molecule has 3 aromatic rings. The average Bonchev–Trinajstić information content (AvgIpc) is 2.68. The van der Waals surface area contributed by atoms with Crippen molar-refractivity contribution in [2.24, 2.45) is 0 Å². The monoisotopic (exact) mass is 588 g/mol. The van der Waals surface area contributed by atoms with Crippen molar-refractivity contribution < 1.29 is 38.9 Å². The molecule has 0 bridgehead atoms. The topological polar surface area (TPSA) is 163 Å². The van der Waals surface area contributed by atoms with Crippen molar-refractivity contribution in [3.63, 3.8) is 0 Å². The van der Waals surface area contributed by atoms with E-state index in [2.05, 4.69) is 0 Å². The molecule has 0 aliphatic carbocycles. The van der Waals surface area contributed by atoms with Crippen LogP contribution in [0.2, 0.25) is 0 Å². The summed E-state index contributed by atoms with van der Waals surface area (Å²) in [6.07, 6.45) is 0. The Kier molecular flexibility index (Phi) is 7.18. The van der Waals surface area contributed by atoms with Crippen molar-refractivity contribution in [2.75, 3.05) is 0 Å². The molecule has 3 rings (SSSR count). The van der Waals surface area contributed by atoms with E-state index >= 15 is 0 Å². The minimum atomic E-state index is -4.82. The summed E-state index contributed by atoms with van der Waals surface area (Å²) in [5.41, 5.74) is 1.43. The molecule has 3 aromatic carbocycles. The van der Waals surface area contributed by atoms with Crippen LogP contribution in [0.4, 0.5) is 0 Å². The van der Waals surface area contributed by atoms with Crippen molar-refractivity contribution in [1.29, 1.82) is 0 Å². The Morgan fingerprint density at radius 3 is 0.941 bits per heavy atom. The van der Waals surface area contributed by atoms with Crippen LogP contribution in [0.1, 0.15) is 16.7 Å². The molecule has 0 unspecified atom stereocenters. The van der Waals surface area contributed by atoms with E-state index in [1.54, 1.807) is 20.8 Å². The van der Waals surface area contributed by atoms with Gasteiger partial charge in [-0.15, -0.1) is 0 Å². The van der Waals surface area contributed by atoms with Crippen LogP contribution in [0.5, 0.6) is 0 Å². The summed E-state index contributed by atoms with van der Waals surface area (Å²) in [4.78, 5) is -1.55. The Bertz CT molecular complexity index is 1420. The van der Waals surface area contributed by atoms with E-state index in [0.717, 1.165) is 0 Å². The van der Waals surface area contributed by atoms with Gasteiger partial charge in [0.15, 0.2) is 0 Å². The van der Waals surface area contributed by atoms with Gasteiger partial charge >= 0.3 is 204 Å². The van der Waals surface area contributed by atoms with Gasteiger partial charge in [-0.1, -0.05) is 0 Å². The van der Waals surface area contributed by atoms with Crippen LogP contribution in [-0.4, -0.2) is 53.6 Å². The number of hydrogen-bond acceptors (Lipinski definition) is 6. The molecule has 0 saturated heterocycles. The summed E-state index contributed by atoms with van der Waals surface area (Å²) >= 11 is -3.50. The van der Waals surface area contributed by atoms with Gasteiger partial charge in [-0.25, -0.2) is 0 Å². The standard InChI is InChI=1S/C21H21AsO9S3/c1-13-4-7-16(19(10-13)32(23,24)25)22(17-8-5-14(2)11-20(17)33(26,27)28)18-9-6-15(3)12-21(18)34(29,30)31/h4-12H,1-3H3,(H,23,24,25)(H,26,27,28)(H,29,30,31). The zero-order chi connectivity index (χ0) is 25.6. The second-order valence-corrected chi connectivity index (χ2v) is 16.3. The number of rotatable bonds is 6. The quantitative estimate of drug-likeness (QED) is 0.280. The molecule has 9 nitrogen and oxygen atoms in total. The van der Waals surface area contributed by atoms with Gasteiger partial charge in [0.1, 0.15) is 0 Å². The summed E-state index contributed by atoms with van der Waals surface area (Å²) < 4.78 is 104. The molecule has 0 amide bonds. The molecular weight excluding hydrogens is 567 g/mol. The summed E-state index contributed by atoms with van der Waals surface area (Å²) in [5.74, 6) is 0. The Hall–Kier alpha value is -2.05. The van der Waals surface area contributed by atoms with Gasteiger partial charge in [-0.2, -0.15) is 0 Å². The second kappa shape index (κ2) is 9.19. The molecule has 0 aliphatic rings. The Labute approximate surface area is 203 Å². The van der Waals surface area contributed by atoms with E-state index in [1.165, 1.54) is 54.6 Å². The number of benzene rings is 3. The maximum absolute atomic E-state index is 12.3. The third kappa shape index (κ3) is 5.60. The molecular formula is C21H21AsO9S3. The Balaban J connectivity index is 2.59. The molecule has 0 radical (unpaired) electrons. The van der Waals surface area contributed by atoms with Crippen molar-refractivity contribution >= 4 is 58.1 Å². The minimum absolute atomic E-state index is 0.0110. The Morgan fingerprint density at radius 1 is 0.500 bits per heavy atom. The summed E-state index contributed by atoms with van der Waals surface area (Å²) in [6.45, 7) is 4.75. The van der Waals surface area contributed by atoms with Crippen LogP contribution in [0.15, 0.2) is 69.3 Å². The first-order valence-electron chi connectivity index (χ1n) is 9.55. The predicted octanol–water partition coefficient (Wildman–Crippen LogP) is 0.868. The van der Waals surface area contributed by atoms with E-state index in [4.69, 9.17) is 0 Å². The Morgan fingerprint density at radius 2 is 0.735 bits per heavy atom. The summed E-state index contributed by atoms with van der Waals surface area (Å²) in [6, 6.07) is 12.3. The molecule has 34 heavy (non-hydrogen) atoms. The zero-order valence-corrected chi connectivity index (χ0v) is 22.5. The van der Waals surface area contributed by atoms with E-state index in [0.29, 0.717) is 16.7 Å². The van der Waals surface area contributed by atoms with Crippen molar-refractivity contribution in [3.05, 3.63) is 71.3 Å². The van der Waals surface area contributed by atoms with Crippen LogP contribution in [-0.2, 0) is 30.4 Å². The molecule has 3 N–H and O–H groups in total. The van der Waals surface area contributed by atoms with Crippen LogP contribution in [0, 0.1) is 20.8 Å². The third-order valence-corrected chi connectivity index (χ3v) is 14.1. The fourth-order valence-electron chi connectivity index (χ4n) is 3.43. The molecule has 182 valence electrons. The molecule has 0 aromatic heterocycles. The van der Waals surface area contributed by atoms with Crippen molar-refractivity contribution in [1.82, 2.24) is 0 Å². The molecule has 0 fully saturated rings. The average molecular weight is 589 g/mol. The van der Waals surface area contributed by atoms with Gasteiger partial charge in [0, 0.05) is 0 Å². The first-order valence-corrected chi connectivity index (χ1v) is 16.7. The molecule has 0 saturated carbocycles. The van der Waals surface area contributed by atoms with Crippen LogP contribution >= 0.6 is 0 Å². The van der Waals surface area contributed by atoms with E-state index in [1.807, 2.05) is 0 Å². The second-order valence-electron chi connectivity index (χ2n) is 7.67. The van der Waals surface area contributed by atoms with E-state index in [-0.39, 0.29) is 13.1 Å². The van der Waals surface area contributed by atoms with Gasteiger partial charge < -0.3 is 0 Å². The predicted molar refractivity (Wildman–Crippen MR) is 128 cm³/mol. The normalized spacial score (nSPS) is 12.8. The fourth-order valence-corrected chi connectivity index (χ4v) is 13.9. The number of hydrogen-bond donors (Lipinski definition) is 3. The van der Waals surface area contributed by atoms with Gasteiger partial charge in [-0.05, 0) is 0 Å².